The van der Waals surface area contributed by atoms with Crippen LogP contribution < -0.4 is 0 Å². The van der Waals surface area contributed by atoms with Crippen LogP contribution in [-0.2, 0) is 10.3 Å². The van der Waals surface area contributed by atoms with E-state index < -0.39 is 8.07 Å². The van der Waals surface area contributed by atoms with Gasteiger partial charge in [0, 0.05) is 0 Å². The summed E-state index contributed by atoms with van der Waals surface area (Å²) in [6.45, 7) is 7.46. The first-order valence-corrected chi connectivity index (χ1v) is 10.4. The smallest absolute Gasteiger partial charge is 0.120 e. The van der Waals surface area contributed by atoms with Crippen molar-refractivity contribution in [3.63, 3.8) is 0 Å². The van der Waals surface area contributed by atoms with Gasteiger partial charge in [-0.3, -0.25) is 0 Å². The van der Waals surface area contributed by atoms with E-state index in [0.29, 0.717) is 6.10 Å². The zero-order valence-corrected chi connectivity index (χ0v) is 12.1. The minimum absolute atomic E-state index is 0.102. The molecule has 1 saturated heterocycles. The molecule has 0 bridgehead atoms. The predicted octanol–water partition coefficient (Wildman–Crippen LogP) is 4.17. The largest absolute Gasteiger partial charge is 0.361 e. The van der Waals surface area contributed by atoms with Crippen LogP contribution in [0.5, 0.6) is 0 Å². The van der Waals surface area contributed by atoms with E-state index in [1.54, 1.807) is 0 Å². The summed E-state index contributed by atoms with van der Waals surface area (Å²) < 4.78 is 6.23. The lowest BCUT2D eigenvalue weighted by atomic mass is 9.83. The number of hydrogen-bond donors (Lipinski definition) is 0. The predicted molar refractivity (Wildman–Crippen MR) is 73.9 cm³/mol. The van der Waals surface area contributed by atoms with Crippen molar-refractivity contribution < 1.29 is 4.74 Å². The molecular weight excluding hydrogens is 224 g/mol. The molecule has 1 aliphatic heterocycles. The van der Waals surface area contributed by atoms with E-state index in [9.17, 15) is 0 Å². The lowest BCUT2D eigenvalue weighted by Crippen LogP contribution is -2.36. The number of ether oxygens (including phenoxy) is 1. The Morgan fingerprint density at radius 1 is 1.18 bits per heavy atom. The molecule has 1 nitrogen and oxygen atoms in total. The number of fused-ring (bicyclic) bond motifs is 1. The fourth-order valence-electron chi connectivity index (χ4n) is 3.52. The zero-order chi connectivity index (χ0) is 12.1. The van der Waals surface area contributed by atoms with Gasteiger partial charge in [-0.25, -0.2) is 0 Å². The monoisotopic (exact) mass is 246 g/mol. The fraction of sp³-hybridized carbons (Fsp3) is 0.600. The molecule has 2 aliphatic rings. The van der Waals surface area contributed by atoms with Crippen molar-refractivity contribution in [3.05, 3.63) is 35.9 Å². The van der Waals surface area contributed by atoms with Crippen molar-refractivity contribution in [1.29, 1.82) is 0 Å². The maximum atomic E-state index is 6.23. The average Bonchev–Trinajstić information content (AvgIpc) is 3.04. The molecular formula is C15H22OSi. The molecule has 0 aromatic heterocycles. The van der Waals surface area contributed by atoms with Gasteiger partial charge < -0.3 is 4.74 Å². The quantitative estimate of drug-likeness (QED) is 0.563. The number of hydrogen-bond acceptors (Lipinski definition) is 1. The van der Waals surface area contributed by atoms with Crippen molar-refractivity contribution in [2.24, 2.45) is 0 Å². The average molecular weight is 246 g/mol. The minimum Gasteiger partial charge on any atom is -0.361 e. The van der Waals surface area contributed by atoms with E-state index in [-0.39, 0.29) is 5.60 Å². The van der Waals surface area contributed by atoms with Gasteiger partial charge in [0.05, 0.1) is 14.2 Å². The molecule has 1 aromatic carbocycles. The standard InChI is InChI=1S/C15H22OSi/c1-17(2,3)13-10-7-11-15(14(13)16-15)12-8-5-4-6-9-12/h4-6,8-9,13-14H,7,10-11H2,1-3H3/t13-,14+,15+/m1/s1. The highest BCUT2D eigenvalue weighted by atomic mass is 28.3. The van der Waals surface area contributed by atoms with Crippen LogP contribution in [0.4, 0.5) is 0 Å². The summed E-state index contributed by atoms with van der Waals surface area (Å²) in [5.41, 5.74) is 2.36. The lowest BCUT2D eigenvalue weighted by molar-refractivity contribution is 0.289. The lowest BCUT2D eigenvalue weighted by Gasteiger charge is -2.32. The Kier molecular flexibility index (Phi) is 2.49. The van der Waals surface area contributed by atoms with E-state index in [1.807, 2.05) is 0 Å². The molecule has 0 amide bonds. The molecule has 1 aromatic rings. The van der Waals surface area contributed by atoms with Gasteiger partial charge in [-0.2, -0.15) is 0 Å². The van der Waals surface area contributed by atoms with Crippen LogP contribution >= 0.6 is 0 Å². The van der Waals surface area contributed by atoms with Gasteiger partial charge in [0.15, 0.2) is 0 Å². The van der Waals surface area contributed by atoms with Crippen LogP contribution in [-0.4, -0.2) is 14.2 Å². The summed E-state index contributed by atoms with van der Waals surface area (Å²) in [6, 6.07) is 10.9. The molecule has 0 unspecified atom stereocenters. The van der Waals surface area contributed by atoms with E-state index in [1.165, 1.54) is 24.8 Å². The van der Waals surface area contributed by atoms with Crippen LogP contribution in [0.1, 0.15) is 24.8 Å². The number of rotatable bonds is 2. The Morgan fingerprint density at radius 3 is 2.53 bits per heavy atom. The van der Waals surface area contributed by atoms with Crippen molar-refractivity contribution in [2.45, 2.75) is 56.1 Å². The fourth-order valence-corrected chi connectivity index (χ4v) is 5.84. The molecule has 92 valence electrons. The first-order valence-electron chi connectivity index (χ1n) is 6.77. The SMILES string of the molecule is C[Si](C)(C)[C@@H]1CCC[C@@]2(c3ccccc3)O[C@@H]12. The third-order valence-corrected chi connectivity index (χ3v) is 7.36. The first kappa shape index (κ1) is 11.5. The molecule has 1 heterocycles. The second-order valence-corrected chi connectivity index (χ2v) is 12.1. The highest BCUT2D eigenvalue weighted by Crippen LogP contribution is 2.61. The highest BCUT2D eigenvalue weighted by Gasteiger charge is 2.64. The molecule has 1 saturated carbocycles. The summed E-state index contributed by atoms with van der Waals surface area (Å²) in [7, 11) is -1.08. The highest BCUT2D eigenvalue weighted by molar-refractivity contribution is 6.77. The molecule has 17 heavy (non-hydrogen) atoms. The van der Waals surface area contributed by atoms with Gasteiger partial charge in [0.1, 0.15) is 5.60 Å². The second kappa shape index (κ2) is 3.69. The first-order chi connectivity index (χ1) is 8.04. The Balaban J connectivity index is 1.89. The van der Waals surface area contributed by atoms with E-state index in [2.05, 4.69) is 50.0 Å². The third-order valence-electron chi connectivity index (χ3n) is 4.54. The third kappa shape index (κ3) is 1.78. The van der Waals surface area contributed by atoms with Gasteiger partial charge in [-0.1, -0.05) is 62.8 Å². The Hall–Kier alpha value is -0.603. The van der Waals surface area contributed by atoms with Crippen molar-refractivity contribution >= 4 is 8.07 Å². The zero-order valence-electron chi connectivity index (χ0n) is 11.1. The molecule has 2 heteroatoms. The van der Waals surface area contributed by atoms with Gasteiger partial charge >= 0.3 is 0 Å². The van der Waals surface area contributed by atoms with Crippen LogP contribution in [0.3, 0.4) is 0 Å². The van der Waals surface area contributed by atoms with Gasteiger partial charge in [-0.15, -0.1) is 0 Å². The van der Waals surface area contributed by atoms with Crippen LogP contribution in [0, 0.1) is 0 Å². The Labute approximate surface area is 105 Å². The summed E-state index contributed by atoms with van der Waals surface area (Å²) in [4.78, 5) is 0. The molecule has 0 spiro atoms. The van der Waals surface area contributed by atoms with E-state index >= 15 is 0 Å². The second-order valence-electron chi connectivity index (χ2n) is 6.66. The topological polar surface area (TPSA) is 12.5 Å². The van der Waals surface area contributed by atoms with Gasteiger partial charge in [0.2, 0.25) is 0 Å². The van der Waals surface area contributed by atoms with Crippen LogP contribution in [0.25, 0.3) is 0 Å². The van der Waals surface area contributed by atoms with Gasteiger partial charge in [-0.05, 0) is 17.5 Å². The molecule has 0 radical (unpaired) electrons. The maximum Gasteiger partial charge on any atom is 0.120 e. The van der Waals surface area contributed by atoms with Gasteiger partial charge in [0.25, 0.3) is 0 Å². The Morgan fingerprint density at radius 2 is 1.88 bits per heavy atom. The minimum atomic E-state index is -1.08. The van der Waals surface area contributed by atoms with Crippen LogP contribution in [0.15, 0.2) is 30.3 Å². The van der Waals surface area contributed by atoms with Crippen molar-refractivity contribution in [2.75, 3.05) is 0 Å². The summed E-state index contributed by atoms with van der Waals surface area (Å²) in [5.74, 6) is 0. The van der Waals surface area contributed by atoms with E-state index in [4.69, 9.17) is 4.74 Å². The van der Waals surface area contributed by atoms with Crippen molar-refractivity contribution in [1.82, 2.24) is 0 Å². The number of benzene rings is 1. The molecule has 1 aliphatic carbocycles. The molecule has 0 N–H and O–H groups in total. The van der Waals surface area contributed by atoms with E-state index in [0.717, 1.165) is 5.54 Å². The molecule has 3 rings (SSSR count). The molecule has 2 fully saturated rings. The Bertz CT molecular complexity index is 409. The molecule has 3 atom stereocenters. The summed E-state index contributed by atoms with van der Waals surface area (Å²) in [5, 5.41) is 0. The summed E-state index contributed by atoms with van der Waals surface area (Å²) in [6.07, 6.45) is 4.46. The maximum absolute atomic E-state index is 6.23. The van der Waals surface area contributed by atoms with Crippen LogP contribution in [0.2, 0.25) is 25.2 Å². The summed E-state index contributed by atoms with van der Waals surface area (Å²) >= 11 is 0. The van der Waals surface area contributed by atoms with Crippen molar-refractivity contribution in [3.8, 4) is 0 Å². The normalized spacial score (nSPS) is 36.4. The number of epoxide rings is 1.